The van der Waals surface area contributed by atoms with Gasteiger partial charge in [0.05, 0.1) is 0 Å². The standard InChI is InChI=1S/C18H23N3O3/c1-20-18(24)14-8-5-13(6-9-14)7-10-17(23)21-11-3-2-4-15(21)12-16(19)22/h5-10,15H,2-4,11-12H2,1H3,(H2,19,22)(H,20,24)/b10-7-/t15-/m0/s1. The van der Waals surface area contributed by atoms with Gasteiger partial charge in [-0.2, -0.15) is 0 Å². The van der Waals surface area contributed by atoms with Crippen LogP contribution in [0, 0.1) is 0 Å². The van der Waals surface area contributed by atoms with Crippen LogP contribution in [0.1, 0.15) is 41.6 Å². The quantitative estimate of drug-likeness (QED) is 0.798. The summed E-state index contributed by atoms with van der Waals surface area (Å²) in [5.41, 5.74) is 6.67. The highest BCUT2D eigenvalue weighted by atomic mass is 16.2. The molecule has 1 saturated heterocycles. The summed E-state index contributed by atoms with van der Waals surface area (Å²) in [5.74, 6) is -0.644. The number of carbonyl (C=O) groups is 3. The maximum absolute atomic E-state index is 12.4. The first-order chi connectivity index (χ1) is 11.5. The minimum Gasteiger partial charge on any atom is -0.370 e. The molecule has 1 aliphatic heterocycles. The summed E-state index contributed by atoms with van der Waals surface area (Å²) in [4.78, 5) is 36.8. The van der Waals surface area contributed by atoms with Crippen molar-refractivity contribution in [1.82, 2.24) is 10.2 Å². The molecule has 1 aromatic rings. The zero-order valence-corrected chi connectivity index (χ0v) is 13.8. The minimum atomic E-state index is -0.381. The van der Waals surface area contributed by atoms with Crippen LogP contribution in [0.15, 0.2) is 30.3 Å². The van der Waals surface area contributed by atoms with E-state index in [0.29, 0.717) is 12.1 Å². The van der Waals surface area contributed by atoms with Gasteiger partial charge >= 0.3 is 0 Å². The molecule has 6 heteroatoms. The van der Waals surface area contributed by atoms with Gasteiger partial charge in [0, 0.05) is 37.7 Å². The number of nitrogens with one attached hydrogen (secondary N) is 1. The van der Waals surface area contributed by atoms with Crippen molar-refractivity contribution < 1.29 is 14.4 Å². The van der Waals surface area contributed by atoms with Gasteiger partial charge in [0.15, 0.2) is 0 Å². The number of benzene rings is 1. The molecule has 1 atom stereocenters. The highest BCUT2D eigenvalue weighted by Gasteiger charge is 2.26. The van der Waals surface area contributed by atoms with Crippen LogP contribution in [-0.4, -0.2) is 42.3 Å². The molecule has 0 spiro atoms. The first-order valence-corrected chi connectivity index (χ1v) is 8.10. The van der Waals surface area contributed by atoms with Gasteiger partial charge in [-0.05, 0) is 43.0 Å². The fourth-order valence-corrected chi connectivity index (χ4v) is 2.89. The van der Waals surface area contributed by atoms with Crippen LogP contribution in [0.4, 0.5) is 0 Å². The number of piperidine rings is 1. The molecule has 6 nitrogen and oxygen atoms in total. The molecular weight excluding hydrogens is 306 g/mol. The largest absolute Gasteiger partial charge is 0.370 e. The predicted molar refractivity (Wildman–Crippen MR) is 92.0 cm³/mol. The molecule has 3 amide bonds. The first kappa shape index (κ1) is 17.7. The Kier molecular flexibility index (Phi) is 6.12. The van der Waals surface area contributed by atoms with Gasteiger partial charge in [-0.3, -0.25) is 14.4 Å². The van der Waals surface area contributed by atoms with Crippen molar-refractivity contribution >= 4 is 23.8 Å². The lowest BCUT2D eigenvalue weighted by Gasteiger charge is -2.34. The number of carbonyl (C=O) groups excluding carboxylic acids is 3. The molecule has 1 fully saturated rings. The Bertz CT molecular complexity index is 637. The van der Waals surface area contributed by atoms with E-state index in [1.54, 1.807) is 42.3 Å². The maximum atomic E-state index is 12.4. The summed E-state index contributed by atoms with van der Waals surface area (Å²) in [6.45, 7) is 0.650. The van der Waals surface area contributed by atoms with E-state index in [0.717, 1.165) is 24.8 Å². The summed E-state index contributed by atoms with van der Waals surface area (Å²) in [5, 5.41) is 2.56. The average Bonchev–Trinajstić information content (AvgIpc) is 2.59. The fraction of sp³-hybridized carbons (Fsp3) is 0.389. The number of likely N-dealkylation sites (tertiary alicyclic amines) is 1. The molecule has 24 heavy (non-hydrogen) atoms. The molecule has 0 aromatic heterocycles. The fourth-order valence-electron chi connectivity index (χ4n) is 2.89. The molecule has 0 unspecified atom stereocenters. The Balaban J connectivity index is 2.02. The highest BCUT2D eigenvalue weighted by Crippen LogP contribution is 2.20. The Morgan fingerprint density at radius 2 is 1.96 bits per heavy atom. The van der Waals surface area contributed by atoms with E-state index in [9.17, 15) is 14.4 Å². The van der Waals surface area contributed by atoms with Gasteiger partial charge < -0.3 is 16.0 Å². The van der Waals surface area contributed by atoms with E-state index in [-0.39, 0.29) is 30.2 Å². The van der Waals surface area contributed by atoms with E-state index in [4.69, 9.17) is 5.73 Å². The SMILES string of the molecule is CNC(=O)c1ccc(/C=C\C(=O)N2CCCC[C@H]2CC(N)=O)cc1. The third kappa shape index (κ3) is 4.68. The molecule has 0 bridgehead atoms. The van der Waals surface area contributed by atoms with E-state index in [1.165, 1.54) is 6.08 Å². The van der Waals surface area contributed by atoms with Gasteiger partial charge in [0.1, 0.15) is 0 Å². The van der Waals surface area contributed by atoms with Gasteiger partial charge in [0.2, 0.25) is 11.8 Å². The van der Waals surface area contributed by atoms with Crippen molar-refractivity contribution in [3.8, 4) is 0 Å². The topological polar surface area (TPSA) is 92.5 Å². The van der Waals surface area contributed by atoms with Crippen LogP contribution in [-0.2, 0) is 9.59 Å². The van der Waals surface area contributed by atoms with Crippen LogP contribution < -0.4 is 11.1 Å². The zero-order valence-electron chi connectivity index (χ0n) is 13.8. The second kappa shape index (κ2) is 8.29. The Morgan fingerprint density at radius 1 is 1.25 bits per heavy atom. The molecule has 128 valence electrons. The number of amides is 3. The maximum Gasteiger partial charge on any atom is 0.251 e. The number of hydrogen-bond donors (Lipinski definition) is 2. The van der Waals surface area contributed by atoms with Crippen LogP contribution in [0.25, 0.3) is 6.08 Å². The molecule has 0 aliphatic carbocycles. The third-order valence-electron chi connectivity index (χ3n) is 4.17. The summed E-state index contributed by atoms with van der Waals surface area (Å²) in [7, 11) is 1.58. The van der Waals surface area contributed by atoms with Gasteiger partial charge in [-0.1, -0.05) is 12.1 Å². The summed E-state index contributed by atoms with van der Waals surface area (Å²) in [6, 6.07) is 6.88. The summed E-state index contributed by atoms with van der Waals surface area (Å²) in [6.07, 6.45) is 6.19. The number of nitrogens with zero attached hydrogens (tertiary/aromatic N) is 1. The molecule has 1 aliphatic rings. The molecular formula is C18H23N3O3. The van der Waals surface area contributed by atoms with Gasteiger partial charge in [-0.25, -0.2) is 0 Å². The van der Waals surface area contributed by atoms with E-state index in [2.05, 4.69) is 5.32 Å². The van der Waals surface area contributed by atoms with Crippen molar-refractivity contribution in [3.05, 3.63) is 41.5 Å². The van der Waals surface area contributed by atoms with Crippen molar-refractivity contribution in [3.63, 3.8) is 0 Å². The van der Waals surface area contributed by atoms with Crippen LogP contribution >= 0.6 is 0 Å². The molecule has 0 saturated carbocycles. The van der Waals surface area contributed by atoms with Crippen molar-refractivity contribution in [2.75, 3.05) is 13.6 Å². The van der Waals surface area contributed by atoms with Crippen molar-refractivity contribution in [2.45, 2.75) is 31.7 Å². The van der Waals surface area contributed by atoms with Crippen molar-refractivity contribution in [2.24, 2.45) is 5.73 Å². The molecule has 2 rings (SSSR count). The van der Waals surface area contributed by atoms with Gasteiger partial charge in [-0.15, -0.1) is 0 Å². The zero-order chi connectivity index (χ0) is 17.5. The lowest BCUT2D eigenvalue weighted by atomic mass is 9.99. The van der Waals surface area contributed by atoms with E-state index < -0.39 is 0 Å². The van der Waals surface area contributed by atoms with Crippen molar-refractivity contribution in [1.29, 1.82) is 0 Å². The normalized spacial score (nSPS) is 17.7. The molecule has 3 N–H and O–H groups in total. The molecule has 1 heterocycles. The predicted octanol–water partition coefficient (Wildman–Crippen LogP) is 1.32. The summed E-state index contributed by atoms with van der Waals surface area (Å²) >= 11 is 0. The lowest BCUT2D eigenvalue weighted by molar-refractivity contribution is -0.130. The first-order valence-electron chi connectivity index (χ1n) is 8.10. The number of hydrogen-bond acceptors (Lipinski definition) is 3. The van der Waals surface area contributed by atoms with E-state index in [1.807, 2.05) is 0 Å². The monoisotopic (exact) mass is 329 g/mol. The molecule has 0 radical (unpaired) electrons. The Hall–Kier alpha value is -2.63. The third-order valence-corrected chi connectivity index (χ3v) is 4.17. The van der Waals surface area contributed by atoms with Gasteiger partial charge in [0.25, 0.3) is 5.91 Å². The van der Waals surface area contributed by atoms with Crippen LogP contribution in [0.5, 0.6) is 0 Å². The second-order valence-electron chi connectivity index (χ2n) is 5.89. The minimum absolute atomic E-state index is 0.107. The summed E-state index contributed by atoms with van der Waals surface area (Å²) < 4.78 is 0. The molecule has 1 aromatic carbocycles. The average molecular weight is 329 g/mol. The lowest BCUT2D eigenvalue weighted by Crippen LogP contribution is -2.44. The smallest absolute Gasteiger partial charge is 0.251 e. The van der Waals surface area contributed by atoms with Crippen LogP contribution in [0.3, 0.4) is 0 Å². The number of rotatable bonds is 5. The second-order valence-corrected chi connectivity index (χ2v) is 5.89. The number of primary amides is 1. The highest BCUT2D eigenvalue weighted by molar-refractivity contribution is 5.95. The Labute approximate surface area is 141 Å². The Morgan fingerprint density at radius 3 is 2.58 bits per heavy atom. The number of nitrogens with two attached hydrogens (primary N) is 1. The van der Waals surface area contributed by atoms with Crippen LogP contribution in [0.2, 0.25) is 0 Å². The van der Waals surface area contributed by atoms with E-state index >= 15 is 0 Å².